The molecule has 3 nitrogen and oxygen atoms in total. The molecule has 0 aliphatic carbocycles. The summed E-state index contributed by atoms with van der Waals surface area (Å²) in [6.45, 7) is 6.83. The van der Waals surface area contributed by atoms with Crippen molar-refractivity contribution in [1.82, 2.24) is 15.2 Å². The summed E-state index contributed by atoms with van der Waals surface area (Å²) in [6, 6.07) is 0.473. The second-order valence-electron chi connectivity index (χ2n) is 3.73. The zero-order valence-electron chi connectivity index (χ0n) is 8.57. The van der Waals surface area contributed by atoms with Gasteiger partial charge in [0.2, 0.25) is 0 Å². The first kappa shape index (κ1) is 10.1. The van der Waals surface area contributed by atoms with Crippen LogP contribution in [0.3, 0.4) is 0 Å². The Morgan fingerprint density at radius 2 is 2.43 bits per heavy atom. The van der Waals surface area contributed by atoms with Crippen LogP contribution in [-0.2, 0) is 0 Å². The van der Waals surface area contributed by atoms with Gasteiger partial charge in [-0.2, -0.15) is 0 Å². The molecule has 1 saturated heterocycles. The SMILES string of the molecule is CC(c1cscn1)N1CCCNCC1. The maximum Gasteiger partial charge on any atom is 0.0795 e. The molecule has 0 spiro atoms. The predicted octanol–water partition coefficient (Wildman–Crippen LogP) is 1.50. The van der Waals surface area contributed by atoms with Crippen LogP contribution in [0.5, 0.6) is 0 Å². The standard InChI is InChI=1S/C10H17N3S/c1-9(10-7-14-8-12-10)13-5-2-3-11-4-6-13/h7-9,11H,2-6H2,1H3. The summed E-state index contributed by atoms with van der Waals surface area (Å²) < 4.78 is 0. The molecule has 1 fully saturated rings. The van der Waals surface area contributed by atoms with Crippen LogP contribution < -0.4 is 5.32 Å². The van der Waals surface area contributed by atoms with Crippen molar-refractivity contribution in [2.24, 2.45) is 0 Å². The molecule has 1 aromatic rings. The van der Waals surface area contributed by atoms with Gasteiger partial charge in [0.25, 0.3) is 0 Å². The first-order valence-electron chi connectivity index (χ1n) is 5.21. The van der Waals surface area contributed by atoms with E-state index >= 15 is 0 Å². The number of rotatable bonds is 2. The molecular formula is C10H17N3S. The third-order valence-corrected chi connectivity index (χ3v) is 3.41. The molecule has 0 radical (unpaired) electrons. The van der Waals surface area contributed by atoms with Crippen LogP contribution in [0.2, 0.25) is 0 Å². The van der Waals surface area contributed by atoms with Crippen LogP contribution in [0.25, 0.3) is 0 Å². The second kappa shape index (κ2) is 4.87. The maximum atomic E-state index is 4.38. The van der Waals surface area contributed by atoms with Gasteiger partial charge in [0.05, 0.1) is 17.2 Å². The molecule has 0 aromatic carbocycles. The van der Waals surface area contributed by atoms with Crippen LogP contribution in [0.4, 0.5) is 0 Å². The van der Waals surface area contributed by atoms with E-state index in [0.717, 1.165) is 19.6 Å². The fourth-order valence-corrected chi connectivity index (χ4v) is 2.51. The molecule has 1 atom stereocenters. The summed E-state index contributed by atoms with van der Waals surface area (Å²) in [5.74, 6) is 0. The van der Waals surface area contributed by atoms with Gasteiger partial charge in [0.15, 0.2) is 0 Å². The van der Waals surface area contributed by atoms with E-state index in [0.29, 0.717) is 6.04 Å². The Morgan fingerprint density at radius 3 is 3.21 bits per heavy atom. The average molecular weight is 211 g/mol. The summed E-state index contributed by atoms with van der Waals surface area (Å²) in [5.41, 5.74) is 3.14. The zero-order valence-corrected chi connectivity index (χ0v) is 9.39. The van der Waals surface area contributed by atoms with Crippen molar-refractivity contribution < 1.29 is 0 Å². The van der Waals surface area contributed by atoms with Gasteiger partial charge in [0, 0.05) is 25.0 Å². The van der Waals surface area contributed by atoms with E-state index in [1.54, 1.807) is 11.3 Å². The van der Waals surface area contributed by atoms with Gasteiger partial charge in [-0.05, 0) is 19.9 Å². The summed E-state index contributed by atoms with van der Waals surface area (Å²) in [4.78, 5) is 6.89. The van der Waals surface area contributed by atoms with Crippen LogP contribution >= 0.6 is 11.3 Å². The fraction of sp³-hybridized carbons (Fsp3) is 0.700. The molecule has 1 N–H and O–H groups in total. The van der Waals surface area contributed by atoms with E-state index in [9.17, 15) is 0 Å². The third kappa shape index (κ3) is 2.32. The summed E-state index contributed by atoms with van der Waals surface area (Å²) in [6.07, 6.45) is 1.24. The molecular weight excluding hydrogens is 194 g/mol. The molecule has 1 aliphatic heterocycles. The smallest absolute Gasteiger partial charge is 0.0795 e. The number of hydrogen-bond donors (Lipinski definition) is 1. The largest absolute Gasteiger partial charge is 0.315 e. The van der Waals surface area contributed by atoms with Crippen molar-refractivity contribution in [2.45, 2.75) is 19.4 Å². The number of nitrogens with one attached hydrogen (secondary N) is 1. The third-order valence-electron chi connectivity index (χ3n) is 2.80. The monoisotopic (exact) mass is 211 g/mol. The van der Waals surface area contributed by atoms with E-state index in [4.69, 9.17) is 0 Å². The normalized spacial score (nSPS) is 21.8. The van der Waals surface area contributed by atoms with E-state index in [-0.39, 0.29) is 0 Å². The average Bonchev–Trinajstić information content (AvgIpc) is 2.59. The fourth-order valence-electron chi connectivity index (χ4n) is 1.87. The van der Waals surface area contributed by atoms with Gasteiger partial charge >= 0.3 is 0 Å². The number of thiazole rings is 1. The number of nitrogens with zero attached hydrogens (tertiary/aromatic N) is 2. The molecule has 78 valence electrons. The highest BCUT2D eigenvalue weighted by Crippen LogP contribution is 2.20. The zero-order chi connectivity index (χ0) is 9.80. The lowest BCUT2D eigenvalue weighted by molar-refractivity contribution is 0.222. The van der Waals surface area contributed by atoms with E-state index < -0.39 is 0 Å². The maximum absolute atomic E-state index is 4.38. The minimum atomic E-state index is 0.473. The lowest BCUT2D eigenvalue weighted by Gasteiger charge is -2.25. The lowest BCUT2D eigenvalue weighted by Crippen LogP contribution is -2.30. The Bertz CT molecular complexity index is 252. The van der Waals surface area contributed by atoms with Gasteiger partial charge in [-0.3, -0.25) is 4.90 Å². The quantitative estimate of drug-likeness (QED) is 0.803. The highest BCUT2D eigenvalue weighted by molar-refractivity contribution is 7.07. The van der Waals surface area contributed by atoms with Crippen molar-refractivity contribution in [3.05, 3.63) is 16.6 Å². The molecule has 2 rings (SSSR count). The number of hydrogen-bond acceptors (Lipinski definition) is 4. The molecule has 0 bridgehead atoms. The van der Waals surface area contributed by atoms with Gasteiger partial charge in [0.1, 0.15) is 0 Å². The van der Waals surface area contributed by atoms with E-state index in [2.05, 4.69) is 27.5 Å². The molecule has 2 heterocycles. The Balaban J connectivity index is 1.99. The molecule has 14 heavy (non-hydrogen) atoms. The van der Waals surface area contributed by atoms with Crippen molar-refractivity contribution in [1.29, 1.82) is 0 Å². The first-order valence-corrected chi connectivity index (χ1v) is 6.15. The highest BCUT2D eigenvalue weighted by atomic mass is 32.1. The van der Waals surface area contributed by atoms with Crippen LogP contribution in [0.1, 0.15) is 25.1 Å². The molecule has 4 heteroatoms. The van der Waals surface area contributed by atoms with Crippen molar-refractivity contribution in [3.8, 4) is 0 Å². The van der Waals surface area contributed by atoms with Crippen molar-refractivity contribution >= 4 is 11.3 Å². The minimum Gasteiger partial charge on any atom is -0.315 e. The van der Waals surface area contributed by atoms with Gasteiger partial charge in [-0.25, -0.2) is 4.98 Å². The van der Waals surface area contributed by atoms with E-state index in [1.165, 1.54) is 18.7 Å². The Kier molecular flexibility index (Phi) is 3.50. The van der Waals surface area contributed by atoms with Crippen molar-refractivity contribution in [2.75, 3.05) is 26.2 Å². The summed E-state index contributed by atoms with van der Waals surface area (Å²) in [5, 5.41) is 5.57. The second-order valence-corrected chi connectivity index (χ2v) is 4.45. The van der Waals surface area contributed by atoms with Crippen LogP contribution in [0, 0.1) is 0 Å². The van der Waals surface area contributed by atoms with Crippen LogP contribution in [-0.4, -0.2) is 36.1 Å². The molecule has 0 saturated carbocycles. The van der Waals surface area contributed by atoms with Gasteiger partial charge in [-0.1, -0.05) is 0 Å². The molecule has 0 amide bonds. The predicted molar refractivity (Wildman–Crippen MR) is 59.6 cm³/mol. The summed E-state index contributed by atoms with van der Waals surface area (Å²) in [7, 11) is 0. The molecule has 1 unspecified atom stereocenters. The summed E-state index contributed by atoms with van der Waals surface area (Å²) >= 11 is 1.68. The van der Waals surface area contributed by atoms with Crippen LogP contribution in [0.15, 0.2) is 10.9 Å². The number of aromatic nitrogens is 1. The Hall–Kier alpha value is -0.450. The van der Waals surface area contributed by atoms with Crippen molar-refractivity contribution in [3.63, 3.8) is 0 Å². The van der Waals surface area contributed by atoms with Gasteiger partial charge < -0.3 is 5.32 Å². The van der Waals surface area contributed by atoms with E-state index in [1.807, 2.05) is 5.51 Å². The van der Waals surface area contributed by atoms with Gasteiger partial charge in [-0.15, -0.1) is 11.3 Å². The molecule has 1 aliphatic rings. The minimum absolute atomic E-state index is 0.473. The highest BCUT2D eigenvalue weighted by Gasteiger charge is 2.17. The Morgan fingerprint density at radius 1 is 1.50 bits per heavy atom. The molecule has 1 aromatic heterocycles. The first-order chi connectivity index (χ1) is 6.88. The topological polar surface area (TPSA) is 28.2 Å². The Labute approximate surface area is 89.1 Å². The lowest BCUT2D eigenvalue weighted by atomic mass is 10.2.